The molecule has 1 aromatic heterocycles. The summed E-state index contributed by atoms with van der Waals surface area (Å²) in [5, 5.41) is 2.57. The fraction of sp³-hybridized carbons (Fsp3) is 0.517. The quantitative estimate of drug-likeness (QED) is 0.456. The van der Waals surface area contributed by atoms with Crippen LogP contribution in [-0.4, -0.2) is 35.5 Å². The molecule has 0 unspecified atom stereocenters. The standard InChI is InChI=1S/C29H36N2O5/c1-2-35-28(33)26(31-29(34)36-19-20-8-4-3-5-9-20)14-15-27(32)23-16-21(17-23)18-24-13-12-22-10-6-7-11-25(22)30-24/h3-5,8-9,12-13,21,23,26H,2,6-7,10-11,14-19H2,1H3,(H,31,34)/t21?,23?,26-/m0/s1. The van der Waals surface area contributed by atoms with Gasteiger partial charge in [-0.05, 0) is 81.4 Å². The van der Waals surface area contributed by atoms with Gasteiger partial charge >= 0.3 is 12.1 Å². The highest BCUT2D eigenvalue weighted by molar-refractivity contribution is 5.84. The van der Waals surface area contributed by atoms with Crippen LogP contribution in [0.5, 0.6) is 0 Å². The topological polar surface area (TPSA) is 94.6 Å². The summed E-state index contributed by atoms with van der Waals surface area (Å²) in [6.07, 6.45) is 7.02. The Morgan fingerprint density at radius 2 is 1.81 bits per heavy atom. The van der Waals surface area contributed by atoms with E-state index in [1.54, 1.807) is 6.92 Å². The smallest absolute Gasteiger partial charge is 0.408 e. The molecule has 36 heavy (non-hydrogen) atoms. The normalized spacial score (nSPS) is 19.4. The number of carbonyl (C=O) groups excluding carboxylic acids is 3. The molecule has 1 fully saturated rings. The minimum Gasteiger partial charge on any atom is -0.464 e. The Balaban J connectivity index is 1.21. The maximum absolute atomic E-state index is 12.8. The second-order valence-electron chi connectivity index (χ2n) is 9.87. The van der Waals surface area contributed by atoms with Gasteiger partial charge in [0.25, 0.3) is 0 Å². The lowest BCUT2D eigenvalue weighted by Gasteiger charge is -2.34. The highest BCUT2D eigenvalue weighted by atomic mass is 16.6. The van der Waals surface area contributed by atoms with Crippen LogP contribution in [-0.2, 0) is 44.9 Å². The van der Waals surface area contributed by atoms with Crippen molar-refractivity contribution in [3.63, 3.8) is 0 Å². The van der Waals surface area contributed by atoms with E-state index in [-0.39, 0.29) is 37.8 Å². The minimum absolute atomic E-state index is 0.0144. The molecular weight excluding hydrogens is 456 g/mol. The number of alkyl carbamates (subject to hydrolysis) is 1. The van der Waals surface area contributed by atoms with Crippen LogP contribution in [0.15, 0.2) is 42.5 Å². The predicted octanol–water partition coefficient (Wildman–Crippen LogP) is 4.74. The fourth-order valence-electron chi connectivity index (χ4n) is 5.09. The van der Waals surface area contributed by atoms with Gasteiger partial charge in [0.05, 0.1) is 6.61 Å². The molecule has 1 amide bonds. The van der Waals surface area contributed by atoms with Crippen molar-refractivity contribution in [3.8, 4) is 0 Å². The van der Waals surface area contributed by atoms with Crippen molar-refractivity contribution >= 4 is 17.8 Å². The lowest BCUT2D eigenvalue weighted by Crippen LogP contribution is -2.43. The summed E-state index contributed by atoms with van der Waals surface area (Å²) in [6, 6.07) is 12.8. The number of Topliss-reactive ketones (excluding diaryl/α,β-unsaturated/α-hetero) is 1. The van der Waals surface area contributed by atoms with E-state index in [1.807, 2.05) is 30.3 Å². The molecule has 1 atom stereocenters. The number of nitrogens with one attached hydrogen (secondary N) is 1. The van der Waals surface area contributed by atoms with E-state index in [2.05, 4.69) is 17.4 Å². The lowest BCUT2D eigenvalue weighted by atomic mass is 9.70. The summed E-state index contributed by atoms with van der Waals surface area (Å²) in [4.78, 5) is 42.3. The van der Waals surface area contributed by atoms with Gasteiger partial charge in [0.1, 0.15) is 18.4 Å². The molecule has 0 aliphatic heterocycles. The number of nitrogens with zero attached hydrogens (tertiary/aromatic N) is 1. The molecule has 7 nitrogen and oxygen atoms in total. The Bertz CT molecular complexity index is 1050. The van der Waals surface area contributed by atoms with Gasteiger partial charge in [0.2, 0.25) is 0 Å². The number of ether oxygens (including phenoxy) is 2. The predicted molar refractivity (Wildman–Crippen MR) is 135 cm³/mol. The number of amides is 1. The number of rotatable bonds is 11. The van der Waals surface area contributed by atoms with Gasteiger partial charge in [-0.3, -0.25) is 9.78 Å². The van der Waals surface area contributed by atoms with Crippen LogP contribution in [0.25, 0.3) is 0 Å². The number of esters is 1. The van der Waals surface area contributed by atoms with Crippen molar-refractivity contribution in [2.24, 2.45) is 11.8 Å². The zero-order chi connectivity index (χ0) is 25.3. The van der Waals surface area contributed by atoms with E-state index < -0.39 is 18.1 Å². The van der Waals surface area contributed by atoms with Gasteiger partial charge in [-0.2, -0.15) is 0 Å². The Morgan fingerprint density at radius 3 is 2.58 bits per heavy atom. The van der Waals surface area contributed by atoms with Gasteiger partial charge < -0.3 is 14.8 Å². The third-order valence-electron chi connectivity index (χ3n) is 7.18. The average Bonchev–Trinajstić information content (AvgIpc) is 2.87. The van der Waals surface area contributed by atoms with Gasteiger partial charge in [-0.15, -0.1) is 0 Å². The van der Waals surface area contributed by atoms with E-state index >= 15 is 0 Å². The van der Waals surface area contributed by atoms with Crippen molar-refractivity contribution in [3.05, 3.63) is 65.0 Å². The van der Waals surface area contributed by atoms with Crippen LogP contribution in [0, 0.1) is 11.8 Å². The van der Waals surface area contributed by atoms with E-state index in [0.29, 0.717) is 5.92 Å². The summed E-state index contributed by atoms with van der Waals surface area (Å²) in [5.74, 6) is 0.0749. The number of hydrogen-bond donors (Lipinski definition) is 1. The summed E-state index contributed by atoms with van der Waals surface area (Å²) in [5.41, 5.74) is 4.62. The Kier molecular flexibility index (Phi) is 9.09. The average molecular weight is 493 g/mol. The molecule has 0 spiro atoms. The number of aromatic nitrogens is 1. The zero-order valence-corrected chi connectivity index (χ0v) is 21.0. The molecule has 2 aliphatic carbocycles. The first-order valence-corrected chi connectivity index (χ1v) is 13.2. The fourth-order valence-corrected chi connectivity index (χ4v) is 5.09. The van der Waals surface area contributed by atoms with Crippen LogP contribution in [0.2, 0.25) is 0 Å². The molecule has 1 N–H and O–H groups in total. The molecule has 0 bridgehead atoms. The highest BCUT2D eigenvalue weighted by Gasteiger charge is 2.35. The number of carbonyl (C=O) groups is 3. The van der Waals surface area contributed by atoms with Gasteiger partial charge in [-0.1, -0.05) is 36.4 Å². The third kappa shape index (κ3) is 7.15. The second kappa shape index (κ2) is 12.7. The third-order valence-corrected chi connectivity index (χ3v) is 7.18. The molecule has 2 aliphatic rings. The van der Waals surface area contributed by atoms with E-state index in [1.165, 1.54) is 24.1 Å². The van der Waals surface area contributed by atoms with Crippen LogP contribution in [0.1, 0.15) is 68.0 Å². The van der Waals surface area contributed by atoms with Crippen LogP contribution in [0.4, 0.5) is 4.79 Å². The highest BCUT2D eigenvalue weighted by Crippen LogP contribution is 2.37. The molecule has 7 heteroatoms. The first-order valence-electron chi connectivity index (χ1n) is 13.2. The van der Waals surface area contributed by atoms with Crippen molar-refractivity contribution < 1.29 is 23.9 Å². The van der Waals surface area contributed by atoms with Crippen LogP contribution >= 0.6 is 0 Å². The van der Waals surface area contributed by atoms with Crippen LogP contribution in [0.3, 0.4) is 0 Å². The van der Waals surface area contributed by atoms with Crippen molar-refractivity contribution in [1.82, 2.24) is 10.3 Å². The number of pyridine rings is 1. The number of aryl methyl sites for hydroxylation is 2. The minimum atomic E-state index is -0.909. The first-order chi connectivity index (χ1) is 17.5. The van der Waals surface area contributed by atoms with Crippen molar-refractivity contribution in [2.45, 2.75) is 77.4 Å². The van der Waals surface area contributed by atoms with Gasteiger partial charge in [0, 0.05) is 23.7 Å². The molecule has 192 valence electrons. The molecule has 2 aromatic rings. The number of ketones is 1. The lowest BCUT2D eigenvalue weighted by molar-refractivity contribution is -0.145. The summed E-state index contributed by atoms with van der Waals surface area (Å²) in [6.45, 7) is 2.01. The number of fused-ring (bicyclic) bond motifs is 1. The molecular formula is C29H36N2O5. The maximum Gasteiger partial charge on any atom is 0.408 e. The van der Waals surface area contributed by atoms with Crippen molar-refractivity contribution in [2.75, 3.05) is 6.61 Å². The Hall–Kier alpha value is -3.22. The van der Waals surface area contributed by atoms with Gasteiger partial charge in [0.15, 0.2) is 0 Å². The summed E-state index contributed by atoms with van der Waals surface area (Å²) < 4.78 is 10.3. The monoisotopic (exact) mass is 492 g/mol. The Labute approximate surface area is 213 Å². The molecule has 0 radical (unpaired) electrons. The van der Waals surface area contributed by atoms with E-state index in [9.17, 15) is 14.4 Å². The molecule has 0 saturated heterocycles. The number of hydrogen-bond acceptors (Lipinski definition) is 6. The van der Waals surface area contributed by atoms with Crippen LogP contribution < -0.4 is 5.32 Å². The molecule has 1 aromatic carbocycles. The number of benzene rings is 1. The van der Waals surface area contributed by atoms with Crippen molar-refractivity contribution in [1.29, 1.82) is 0 Å². The SMILES string of the molecule is CCOC(=O)[C@H](CCC(=O)C1CC(Cc2ccc3c(n2)CCCC3)C1)NC(=O)OCc1ccccc1. The molecule has 4 rings (SSSR count). The molecule has 1 heterocycles. The maximum atomic E-state index is 12.8. The Morgan fingerprint density at radius 1 is 1.03 bits per heavy atom. The summed E-state index contributed by atoms with van der Waals surface area (Å²) in [7, 11) is 0. The first kappa shape index (κ1) is 25.9. The second-order valence-corrected chi connectivity index (χ2v) is 9.87. The van der Waals surface area contributed by atoms with Gasteiger partial charge in [-0.25, -0.2) is 9.59 Å². The zero-order valence-electron chi connectivity index (χ0n) is 21.0. The largest absolute Gasteiger partial charge is 0.464 e. The van der Waals surface area contributed by atoms with E-state index in [0.717, 1.165) is 43.4 Å². The summed E-state index contributed by atoms with van der Waals surface area (Å²) >= 11 is 0. The van der Waals surface area contributed by atoms with E-state index in [4.69, 9.17) is 14.5 Å². The molecule has 1 saturated carbocycles.